The van der Waals surface area contributed by atoms with E-state index in [1.807, 2.05) is 0 Å². The summed E-state index contributed by atoms with van der Waals surface area (Å²) in [6.45, 7) is 1.37. The van der Waals surface area contributed by atoms with Crippen molar-refractivity contribution in [2.24, 2.45) is 0 Å². The van der Waals surface area contributed by atoms with Gasteiger partial charge < -0.3 is 0 Å². The van der Waals surface area contributed by atoms with Crippen LogP contribution in [0.5, 0.6) is 0 Å². The molecule has 0 N–H and O–H groups in total. The Labute approximate surface area is 86.5 Å². The molecule has 1 nitrogen and oxygen atoms in total. The topological polar surface area (TPSA) is 17.1 Å². The van der Waals surface area contributed by atoms with Crippen LogP contribution in [0.4, 0.5) is 8.78 Å². The number of benzene rings is 1. The molecule has 0 unspecified atom stereocenters. The minimum atomic E-state index is -2.56. The molecule has 0 aliphatic heterocycles. The maximum absolute atomic E-state index is 12.5. The first-order chi connectivity index (χ1) is 6.52. The number of hydrogen-bond donors (Lipinski definition) is 1. The van der Waals surface area contributed by atoms with Crippen LogP contribution in [0, 0.1) is 0 Å². The van der Waals surface area contributed by atoms with E-state index in [0.29, 0.717) is 10.5 Å². The lowest BCUT2D eigenvalue weighted by atomic mass is 10.0. The Morgan fingerprint density at radius 1 is 1.50 bits per heavy atom. The summed E-state index contributed by atoms with van der Waals surface area (Å²) in [7, 11) is 0. The molecular weight excluding hydrogens is 206 g/mol. The molecule has 0 atom stereocenters. The summed E-state index contributed by atoms with van der Waals surface area (Å²) >= 11 is 4.05. The van der Waals surface area contributed by atoms with Gasteiger partial charge in [0.25, 0.3) is 6.43 Å². The molecule has 76 valence electrons. The van der Waals surface area contributed by atoms with Gasteiger partial charge in [0, 0.05) is 16.9 Å². The molecule has 0 bridgehead atoms. The molecule has 0 heterocycles. The minimum Gasteiger partial charge on any atom is -0.300 e. The van der Waals surface area contributed by atoms with E-state index in [1.54, 1.807) is 6.07 Å². The number of hydrogen-bond acceptors (Lipinski definition) is 2. The fourth-order valence-corrected chi connectivity index (χ4v) is 1.53. The summed E-state index contributed by atoms with van der Waals surface area (Å²) < 4.78 is 25.0. The maximum atomic E-state index is 12.5. The Bertz CT molecular complexity index is 350. The first kappa shape index (κ1) is 11.2. The van der Waals surface area contributed by atoms with Gasteiger partial charge in [-0.3, -0.25) is 4.79 Å². The Kier molecular flexibility index (Phi) is 3.63. The summed E-state index contributed by atoms with van der Waals surface area (Å²) in [6, 6.07) is 4.43. The van der Waals surface area contributed by atoms with Crippen molar-refractivity contribution in [2.75, 3.05) is 0 Å². The molecule has 1 aromatic rings. The minimum absolute atomic E-state index is 0.0132. The van der Waals surface area contributed by atoms with Gasteiger partial charge in [0.05, 0.1) is 0 Å². The Morgan fingerprint density at radius 3 is 2.64 bits per heavy atom. The number of carbonyl (C=O) groups is 1. The van der Waals surface area contributed by atoms with Gasteiger partial charge in [0.1, 0.15) is 5.78 Å². The number of alkyl halides is 2. The summed E-state index contributed by atoms with van der Waals surface area (Å²) in [5.41, 5.74) is 0.228. The summed E-state index contributed by atoms with van der Waals surface area (Å²) in [6.07, 6.45) is -2.55. The number of Topliss-reactive ketones (excluding diaryl/α,β-unsaturated/α-hetero) is 1. The van der Waals surface area contributed by atoms with Crippen LogP contribution >= 0.6 is 12.6 Å². The lowest BCUT2D eigenvalue weighted by molar-refractivity contribution is -0.116. The van der Waals surface area contributed by atoms with Crippen molar-refractivity contribution >= 4 is 18.4 Å². The summed E-state index contributed by atoms with van der Waals surface area (Å²) in [5.74, 6) is -0.145. The Morgan fingerprint density at radius 2 is 2.14 bits per heavy atom. The second kappa shape index (κ2) is 4.55. The van der Waals surface area contributed by atoms with Crippen molar-refractivity contribution in [1.82, 2.24) is 0 Å². The van der Waals surface area contributed by atoms with Crippen molar-refractivity contribution in [1.29, 1.82) is 0 Å². The van der Waals surface area contributed by atoms with Crippen molar-refractivity contribution in [3.05, 3.63) is 29.3 Å². The third-order valence-corrected chi connectivity index (χ3v) is 2.27. The van der Waals surface area contributed by atoms with Crippen LogP contribution in [0.15, 0.2) is 23.1 Å². The fraction of sp³-hybridized carbons (Fsp3) is 0.300. The van der Waals surface area contributed by atoms with Gasteiger partial charge in [-0.1, -0.05) is 12.1 Å². The largest absolute Gasteiger partial charge is 0.300 e. The third-order valence-electron chi connectivity index (χ3n) is 1.85. The zero-order chi connectivity index (χ0) is 10.7. The third kappa shape index (κ3) is 2.54. The standard InChI is InChI=1S/C10H10F2OS/c1-6(13)5-8-7(10(11)12)3-2-4-9(8)14/h2-4,10,14H,5H2,1H3. The molecule has 0 saturated heterocycles. The predicted molar refractivity (Wildman–Crippen MR) is 53.0 cm³/mol. The van der Waals surface area contributed by atoms with E-state index in [0.717, 1.165) is 0 Å². The van der Waals surface area contributed by atoms with Gasteiger partial charge >= 0.3 is 0 Å². The van der Waals surface area contributed by atoms with Gasteiger partial charge in [-0.2, -0.15) is 0 Å². The molecule has 0 saturated carbocycles. The van der Waals surface area contributed by atoms with Crippen LogP contribution in [0.25, 0.3) is 0 Å². The van der Waals surface area contributed by atoms with Crippen molar-refractivity contribution in [3.63, 3.8) is 0 Å². The average Bonchev–Trinajstić information content (AvgIpc) is 2.07. The van der Waals surface area contributed by atoms with E-state index in [-0.39, 0.29) is 17.8 Å². The van der Waals surface area contributed by atoms with E-state index in [9.17, 15) is 13.6 Å². The lowest BCUT2D eigenvalue weighted by Crippen LogP contribution is -2.02. The molecule has 0 amide bonds. The average molecular weight is 216 g/mol. The van der Waals surface area contributed by atoms with E-state index >= 15 is 0 Å². The van der Waals surface area contributed by atoms with Gasteiger partial charge in [0.15, 0.2) is 0 Å². The predicted octanol–water partition coefficient (Wildman–Crippen LogP) is 3.04. The van der Waals surface area contributed by atoms with Gasteiger partial charge in [-0.25, -0.2) is 8.78 Å². The number of carbonyl (C=O) groups excluding carboxylic acids is 1. The molecule has 1 rings (SSSR count). The first-order valence-corrected chi connectivity index (χ1v) is 4.55. The molecule has 0 aliphatic rings. The number of ketones is 1. The highest BCUT2D eigenvalue weighted by molar-refractivity contribution is 7.80. The van der Waals surface area contributed by atoms with Gasteiger partial charge in [0.2, 0.25) is 0 Å². The highest BCUT2D eigenvalue weighted by Crippen LogP contribution is 2.27. The molecule has 1 aromatic carbocycles. The van der Waals surface area contributed by atoms with Crippen LogP contribution < -0.4 is 0 Å². The molecule has 0 fully saturated rings. The molecule has 0 aromatic heterocycles. The lowest BCUT2D eigenvalue weighted by Gasteiger charge is -2.09. The second-order valence-electron chi connectivity index (χ2n) is 3.02. The number of rotatable bonds is 3. The van der Waals surface area contributed by atoms with Crippen molar-refractivity contribution < 1.29 is 13.6 Å². The van der Waals surface area contributed by atoms with Crippen LogP contribution in [0.2, 0.25) is 0 Å². The van der Waals surface area contributed by atoms with Crippen LogP contribution in [-0.2, 0) is 11.2 Å². The zero-order valence-electron chi connectivity index (χ0n) is 7.63. The highest BCUT2D eigenvalue weighted by Gasteiger charge is 2.15. The van der Waals surface area contributed by atoms with Crippen molar-refractivity contribution in [3.8, 4) is 0 Å². The SMILES string of the molecule is CC(=O)Cc1c(S)cccc1C(F)F. The van der Waals surface area contributed by atoms with E-state index in [1.165, 1.54) is 19.1 Å². The van der Waals surface area contributed by atoms with Gasteiger partial charge in [-0.15, -0.1) is 12.6 Å². The number of halogens is 2. The second-order valence-corrected chi connectivity index (χ2v) is 3.51. The van der Waals surface area contributed by atoms with Crippen LogP contribution in [0.1, 0.15) is 24.5 Å². The fourth-order valence-electron chi connectivity index (χ4n) is 1.24. The summed E-state index contributed by atoms with van der Waals surface area (Å²) in [4.78, 5) is 11.3. The van der Waals surface area contributed by atoms with E-state index in [4.69, 9.17) is 0 Å². The molecule has 4 heteroatoms. The monoisotopic (exact) mass is 216 g/mol. The maximum Gasteiger partial charge on any atom is 0.264 e. The normalized spacial score (nSPS) is 10.6. The van der Waals surface area contributed by atoms with Crippen LogP contribution in [0.3, 0.4) is 0 Å². The first-order valence-electron chi connectivity index (χ1n) is 4.10. The quantitative estimate of drug-likeness (QED) is 0.768. The number of thiol groups is 1. The molecule has 0 spiro atoms. The smallest absolute Gasteiger partial charge is 0.264 e. The Balaban J connectivity index is 3.15. The molecule has 0 aliphatic carbocycles. The molecule has 0 radical (unpaired) electrons. The zero-order valence-corrected chi connectivity index (χ0v) is 8.52. The summed E-state index contributed by atoms with van der Waals surface area (Å²) in [5, 5.41) is 0. The van der Waals surface area contributed by atoms with Crippen molar-refractivity contribution in [2.45, 2.75) is 24.7 Å². The van der Waals surface area contributed by atoms with E-state index in [2.05, 4.69) is 12.6 Å². The molecular formula is C10H10F2OS. The Hall–Kier alpha value is -0.900. The highest BCUT2D eigenvalue weighted by atomic mass is 32.1. The van der Waals surface area contributed by atoms with Gasteiger partial charge in [-0.05, 0) is 18.6 Å². The molecule has 14 heavy (non-hydrogen) atoms. The van der Waals surface area contributed by atoms with Crippen LogP contribution in [-0.4, -0.2) is 5.78 Å². The van der Waals surface area contributed by atoms with E-state index < -0.39 is 6.43 Å².